The summed E-state index contributed by atoms with van der Waals surface area (Å²) < 4.78 is 0. The highest BCUT2D eigenvalue weighted by Crippen LogP contribution is 2.50. The van der Waals surface area contributed by atoms with E-state index >= 15 is 0 Å². The van der Waals surface area contributed by atoms with Crippen LogP contribution in [0.3, 0.4) is 0 Å². The quantitative estimate of drug-likeness (QED) is 0.595. The van der Waals surface area contributed by atoms with E-state index < -0.39 is 0 Å². The van der Waals surface area contributed by atoms with Crippen LogP contribution in [-0.4, -0.2) is 0 Å². The number of fused-ring (bicyclic) bond motifs is 3. The average molecular weight is 286 g/mol. The molecule has 3 rings (SSSR count). The van der Waals surface area contributed by atoms with E-state index in [4.69, 9.17) is 0 Å². The maximum atomic E-state index is 4.01. The van der Waals surface area contributed by atoms with Gasteiger partial charge < -0.3 is 0 Å². The Bertz CT molecular complexity index is 785. The second-order valence-electron chi connectivity index (χ2n) is 6.25. The summed E-state index contributed by atoms with van der Waals surface area (Å²) in [6, 6.07) is 15.4. The van der Waals surface area contributed by atoms with Crippen molar-refractivity contribution in [3.63, 3.8) is 0 Å². The van der Waals surface area contributed by atoms with Gasteiger partial charge >= 0.3 is 0 Å². The van der Waals surface area contributed by atoms with Gasteiger partial charge in [-0.05, 0) is 40.3 Å². The van der Waals surface area contributed by atoms with Crippen molar-refractivity contribution in [1.29, 1.82) is 0 Å². The Morgan fingerprint density at radius 2 is 1.73 bits per heavy atom. The first-order chi connectivity index (χ1) is 10.6. The van der Waals surface area contributed by atoms with E-state index in [0.717, 1.165) is 0 Å². The molecule has 0 saturated heterocycles. The van der Waals surface area contributed by atoms with Crippen molar-refractivity contribution >= 4 is 5.57 Å². The molecule has 0 fully saturated rings. The molecule has 0 nitrogen and oxygen atoms in total. The molecular formula is C22H22. The fourth-order valence-electron chi connectivity index (χ4n) is 3.46. The minimum absolute atomic E-state index is 0.0504. The molecule has 110 valence electrons. The SMILES string of the molecule is C=C/C(=C\C=C/C)c1cccc2c1-c1ccccc1C2(C)C. The smallest absolute Gasteiger partial charge is 0.0159 e. The maximum Gasteiger partial charge on any atom is 0.0159 e. The van der Waals surface area contributed by atoms with Gasteiger partial charge in [-0.15, -0.1) is 0 Å². The van der Waals surface area contributed by atoms with Crippen molar-refractivity contribution in [3.8, 4) is 11.1 Å². The molecule has 0 atom stereocenters. The van der Waals surface area contributed by atoms with E-state index in [1.165, 1.54) is 33.4 Å². The van der Waals surface area contributed by atoms with Gasteiger partial charge in [0.1, 0.15) is 0 Å². The summed E-state index contributed by atoms with van der Waals surface area (Å²) >= 11 is 0. The lowest BCUT2D eigenvalue weighted by Crippen LogP contribution is -2.14. The highest BCUT2D eigenvalue weighted by atomic mass is 14.4. The number of rotatable bonds is 3. The molecule has 2 aromatic rings. The number of benzene rings is 2. The van der Waals surface area contributed by atoms with Gasteiger partial charge in [-0.25, -0.2) is 0 Å². The van der Waals surface area contributed by atoms with Gasteiger partial charge in [0.2, 0.25) is 0 Å². The Morgan fingerprint density at radius 1 is 1.00 bits per heavy atom. The van der Waals surface area contributed by atoms with Crippen LogP contribution < -0.4 is 0 Å². The van der Waals surface area contributed by atoms with Gasteiger partial charge in [0, 0.05) is 5.41 Å². The third-order valence-electron chi connectivity index (χ3n) is 4.61. The van der Waals surface area contributed by atoms with Crippen LogP contribution in [0.15, 0.2) is 73.3 Å². The maximum absolute atomic E-state index is 4.01. The molecule has 2 aromatic carbocycles. The summed E-state index contributed by atoms with van der Waals surface area (Å²) in [5.41, 5.74) is 8.01. The van der Waals surface area contributed by atoms with Gasteiger partial charge in [-0.2, -0.15) is 0 Å². The molecular weight excluding hydrogens is 264 g/mol. The molecule has 0 amide bonds. The normalized spacial score (nSPS) is 15.7. The lowest BCUT2D eigenvalue weighted by atomic mass is 9.82. The standard InChI is InChI=1S/C22H22/c1-5-7-11-16(6-2)17-13-10-15-20-21(17)18-12-8-9-14-19(18)22(20,3)4/h5-15H,2H2,1,3-4H3/b7-5-,16-11+. The van der Waals surface area contributed by atoms with Gasteiger partial charge in [0.15, 0.2) is 0 Å². The van der Waals surface area contributed by atoms with Crippen LogP contribution in [-0.2, 0) is 5.41 Å². The van der Waals surface area contributed by atoms with E-state index in [1.54, 1.807) is 0 Å². The lowest BCUT2D eigenvalue weighted by Gasteiger charge is -2.21. The topological polar surface area (TPSA) is 0 Å². The molecule has 0 saturated carbocycles. The van der Waals surface area contributed by atoms with Crippen molar-refractivity contribution < 1.29 is 0 Å². The first kappa shape index (κ1) is 14.6. The average Bonchev–Trinajstić information content (AvgIpc) is 2.78. The van der Waals surface area contributed by atoms with Crippen LogP contribution in [0.4, 0.5) is 0 Å². The zero-order chi connectivity index (χ0) is 15.7. The molecule has 1 aliphatic carbocycles. The van der Waals surface area contributed by atoms with E-state index in [1.807, 2.05) is 19.1 Å². The van der Waals surface area contributed by atoms with Crippen LogP contribution in [0, 0.1) is 0 Å². The van der Waals surface area contributed by atoms with Crippen molar-refractivity contribution in [2.24, 2.45) is 0 Å². The Labute approximate surface area is 133 Å². The monoisotopic (exact) mass is 286 g/mol. The van der Waals surface area contributed by atoms with E-state index in [0.29, 0.717) is 0 Å². The fourth-order valence-corrected chi connectivity index (χ4v) is 3.46. The third kappa shape index (κ3) is 2.07. The second kappa shape index (κ2) is 5.46. The van der Waals surface area contributed by atoms with Crippen molar-refractivity contribution in [2.45, 2.75) is 26.2 Å². The Hall–Kier alpha value is -2.34. The molecule has 0 aromatic heterocycles. The number of allylic oxidation sites excluding steroid dienone is 5. The zero-order valence-corrected chi connectivity index (χ0v) is 13.6. The van der Waals surface area contributed by atoms with Crippen LogP contribution in [0.1, 0.15) is 37.5 Å². The highest BCUT2D eigenvalue weighted by molar-refractivity contribution is 5.92. The third-order valence-corrected chi connectivity index (χ3v) is 4.61. The minimum atomic E-state index is 0.0504. The first-order valence-electron chi connectivity index (χ1n) is 7.80. The number of hydrogen-bond acceptors (Lipinski definition) is 0. The van der Waals surface area contributed by atoms with E-state index in [2.05, 4.69) is 75.0 Å². The summed E-state index contributed by atoms with van der Waals surface area (Å²) in [6.07, 6.45) is 8.20. The summed E-state index contributed by atoms with van der Waals surface area (Å²) in [7, 11) is 0. The first-order valence-corrected chi connectivity index (χ1v) is 7.80. The molecule has 0 heteroatoms. The molecule has 0 bridgehead atoms. The largest absolute Gasteiger partial charge is 0.0984 e. The van der Waals surface area contributed by atoms with Crippen molar-refractivity contribution in [2.75, 3.05) is 0 Å². The Balaban J connectivity index is 2.33. The predicted octanol–water partition coefficient (Wildman–Crippen LogP) is 6.14. The van der Waals surface area contributed by atoms with Gasteiger partial charge in [-0.3, -0.25) is 0 Å². The molecule has 22 heavy (non-hydrogen) atoms. The summed E-state index contributed by atoms with van der Waals surface area (Å²) in [5.74, 6) is 0. The summed E-state index contributed by atoms with van der Waals surface area (Å²) in [6.45, 7) is 10.7. The predicted molar refractivity (Wildman–Crippen MR) is 97.0 cm³/mol. The Morgan fingerprint density at radius 3 is 2.45 bits per heavy atom. The van der Waals surface area contributed by atoms with Crippen molar-refractivity contribution in [3.05, 3.63) is 90.0 Å². The summed E-state index contributed by atoms with van der Waals surface area (Å²) in [4.78, 5) is 0. The van der Waals surface area contributed by atoms with Crippen LogP contribution in [0.25, 0.3) is 16.7 Å². The molecule has 0 radical (unpaired) electrons. The van der Waals surface area contributed by atoms with Crippen LogP contribution >= 0.6 is 0 Å². The molecule has 1 aliphatic rings. The number of hydrogen-bond donors (Lipinski definition) is 0. The van der Waals surface area contributed by atoms with Crippen LogP contribution in [0.2, 0.25) is 0 Å². The van der Waals surface area contributed by atoms with Crippen molar-refractivity contribution in [1.82, 2.24) is 0 Å². The fraction of sp³-hybridized carbons (Fsp3) is 0.182. The van der Waals surface area contributed by atoms with Gasteiger partial charge in [0.25, 0.3) is 0 Å². The zero-order valence-electron chi connectivity index (χ0n) is 13.6. The van der Waals surface area contributed by atoms with E-state index in [9.17, 15) is 0 Å². The molecule has 0 N–H and O–H groups in total. The van der Waals surface area contributed by atoms with E-state index in [-0.39, 0.29) is 5.41 Å². The molecule has 0 spiro atoms. The summed E-state index contributed by atoms with van der Waals surface area (Å²) in [5, 5.41) is 0. The lowest BCUT2D eigenvalue weighted by molar-refractivity contribution is 0.660. The minimum Gasteiger partial charge on any atom is -0.0984 e. The second-order valence-corrected chi connectivity index (χ2v) is 6.25. The van der Waals surface area contributed by atoms with Gasteiger partial charge in [-0.1, -0.05) is 87.2 Å². The molecule has 0 aliphatic heterocycles. The molecule has 0 heterocycles. The van der Waals surface area contributed by atoms with Gasteiger partial charge in [0.05, 0.1) is 0 Å². The Kier molecular flexibility index (Phi) is 3.62. The highest BCUT2D eigenvalue weighted by Gasteiger charge is 2.36. The van der Waals surface area contributed by atoms with Crippen LogP contribution in [0.5, 0.6) is 0 Å². The molecule has 0 unspecified atom stereocenters.